The van der Waals surface area contributed by atoms with E-state index in [9.17, 15) is 9.18 Å². The molecular formula is C22H18BrFN4O2. The molecule has 1 amide bonds. The monoisotopic (exact) mass is 468 g/mol. The molecule has 4 rings (SSSR count). The average molecular weight is 469 g/mol. The Labute approximate surface area is 182 Å². The fraction of sp³-hybridized carbons (Fsp3) is 0.182. The summed E-state index contributed by atoms with van der Waals surface area (Å²) in [7, 11) is 0. The molecule has 1 saturated heterocycles. The lowest BCUT2D eigenvalue weighted by molar-refractivity contribution is 0.102. The number of ether oxygens (including phenoxy) is 1. The lowest BCUT2D eigenvalue weighted by Gasteiger charge is -2.39. The van der Waals surface area contributed by atoms with Gasteiger partial charge in [0.25, 0.3) is 5.91 Å². The summed E-state index contributed by atoms with van der Waals surface area (Å²) in [5.74, 6) is 0.434. The molecule has 1 N–H and O–H groups in total. The van der Waals surface area contributed by atoms with Crippen molar-refractivity contribution >= 4 is 33.3 Å². The molecule has 0 saturated carbocycles. The summed E-state index contributed by atoms with van der Waals surface area (Å²) in [6.45, 7) is 6.76. The summed E-state index contributed by atoms with van der Waals surface area (Å²) >= 11 is 3.35. The molecule has 1 aliphatic heterocycles. The van der Waals surface area contributed by atoms with Crippen LogP contribution in [0.2, 0.25) is 0 Å². The van der Waals surface area contributed by atoms with Crippen LogP contribution in [0.25, 0.3) is 0 Å². The predicted molar refractivity (Wildman–Crippen MR) is 115 cm³/mol. The Morgan fingerprint density at radius 1 is 1.20 bits per heavy atom. The molecule has 0 unspecified atom stereocenters. The fourth-order valence-electron chi connectivity index (χ4n) is 2.97. The maximum Gasteiger partial charge on any atom is 0.275 e. The third-order valence-corrected chi connectivity index (χ3v) is 5.33. The number of aromatic nitrogens is 2. The van der Waals surface area contributed by atoms with Crippen LogP contribution < -0.4 is 15.0 Å². The van der Waals surface area contributed by atoms with Gasteiger partial charge in [0.05, 0.1) is 30.0 Å². The van der Waals surface area contributed by atoms with Gasteiger partial charge in [0.1, 0.15) is 29.2 Å². The Morgan fingerprint density at radius 2 is 1.97 bits per heavy atom. The second kappa shape index (κ2) is 8.79. The first-order valence-electron chi connectivity index (χ1n) is 9.31. The molecule has 1 fully saturated rings. The van der Waals surface area contributed by atoms with Crippen LogP contribution in [0.15, 0.2) is 59.3 Å². The van der Waals surface area contributed by atoms with E-state index in [1.165, 1.54) is 18.3 Å². The number of rotatable bonds is 6. The van der Waals surface area contributed by atoms with Gasteiger partial charge in [-0.1, -0.05) is 12.1 Å². The van der Waals surface area contributed by atoms with Crippen molar-refractivity contribution in [1.82, 2.24) is 9.97 Å². The van der Waals surface area contributed by atoms with Crippen molar-refractivity contribution in [3.8, 4) is 5.75 Å². The minimum Gasteiger partial charge on any atom is -0.485 e. The van der Waals surface area contributed by atoms with Crippen LogP contribution in [0.4, 0.5) is 15.9 Å². The van der Waals surface area contributed by atoms with E-state index < -0.39 is 0 Å². The Kier molecular flexibility index (Phi) is 5.94. The lowest BCUT2D eigenvalue weighted by Crippen LogP contribution is -2.54. The summed E-state index contributed by atoms with van der Waals surface area (Å²) in [5, 5.41) is 2.78. The SMILES string of the molecule is [CH]Cc1ccc(NC(=O)c2cnc(N3CC(Oc4cc(F)ccc4Br)C3)cn2)cc1. The van der Waals surface area contributed by atoms with E-state index in [2.05, 4.69) is 31.2 Å². The number of nitrogens with zero attached hydrogens (tertiary/aromatic N) is 3. The Bertz CT molecular complexity index is 1040. The highest BCUT2D eigenvalue weighted by Gasteiger charge is 2.30. The van der Waals surface area contributed by atoms with Crippen molar-refractivity contribution in [3.63, 3.8) is 0 Å². The van der Waals surface area contributed by atoms with Crippen LogP contribution in [-0.2, 0) is 6.42 Å². The molecule has 1 aromatic heterocycles. The minimum absolute atomic E-state index is 0.0793. The number of amides is 1. The van der Waals surface area contributed by atoms with E-state index in [-0.39, 0.29) is 23.5 Å². The van der Waals surface area contributed by atoms with Gasteiger partial charge in [-0.25, -0.2) is 14.4 Å². The fourth-order valence-corrected chi connectivity index (χ4v) is 3.31. The Balaban J connectivity index is 1.31. The highest BCUT2D eigenvalue weighted by atomic mass is 79.9. The van der Waals surface area contributed by atoms with Gasteiger partial charge in [-0.3, -0.25) is 4.79 Å². The molecule has 0 bridgehead atoms. The normalized spacial score (nSPS) is 13.6. The maximum atomic E-state index is 13.4. The lowest BCUT2D eigenvalue weighted by atomic mass is 10.1. The Morgan fingerprint density at radius 3 is 2.63 bits per heavy atom. The number of halogens is 2. The second-order valence-electron chi connectivity index (χ2n) is 6.83. The maximum absolute atomic E-state index is 13.4. The van der Waals surface area contributed by atoms with Gasteiger partial charge >= 0.3 is 0 Å². The molecule has 1 aliphatic rings. The number of hydrogen-bond acceptors (Lipinski definition) is 5. The summed E-state index contributed by atoms with van der Waals surface area (Å²) in [5.41, 5.74) is 1.87. The first kappa shape index (κ1) is 20.3. The summed E-state index contributed by atoms with van der Waals surface area (Å²) in [4.78, 5) is 22.8. The standard InChI is InChI=1S/C22H18BrFN4O2/c1-2-14-3-6-16(7-4-14)27-22(29)19-10-26-21(11-25-19)28-12-17(13-28)30-20-9-15(24)5-8-18(20)23/h1,3-11,17H,2,12-13H2,(H,27,29). The van der Waals surface area contributed by atoms with Gasteiger partial charge in [-0.2, -0.15) is 0 Å². The zero-order chi connectivity index (χ0) is 21.1. The van der Waals surface area contributed by atoms with Crippen LogP contribution in [0.1, 0.15) is 16.1 Å². The highest BCUT2D eigenvalue weighted by molar-refractivity contribution is 9.10. The quantitative estimate of drug-likeness (QED) is 0.588. The molecule has 152 valence electrons. The smallest absolute Gasteiger partial charge is 0.275 e. The van der Waals surface area contributed by atoms with Gasteiger partial charge < -0.3 is 15.0 Å². The predicted octanol–water partition coefficient (Wildman–Crippen LogP) is 4.15. The van der Waals surface area contributed by atoms with Gasteiger partial charge in [-0.15, -0.1) is 0 Å². The van der Waals surface area contributed by atoms with Gasteiger partial charge in [-0.05, 0) is 59.1 Å². The van der Waals surface area contributed by atoms with Crippen molar-refractivity contribution in [2.45, 2.75) is 12.5 Å². The largest absolute Gasteiger partial charge is 0.485 e. The van der Waals surface area contributed by atoms with E-state index in [0.717, 1.165) is 5.56 Å². The number of carbonyl (C=O) groups is 1. The number of nitrogens with one attached hydrogen (secondary N) is 1. The molecule has 2 heterocycles. The van der Waals surface area contributed by atoms with Gasteiger partial charge in [0.2, 0.25) is 0 Å². The number of anilines is 2. The van der Waals surface area contributed by atoms with Crippen molar-refractivity contribution in [1.29, 1.82) is 0 Å². The van der Waals surface area contributed by atoms with E-state index in [1.54, 1.807) is 24.4 Å². The van der Waals surface area contributed by atoms with Crippen LogP contribution >= 0.6 is 15.9 Å². The summed E-state index contributed by atoms with van der Waals surface area (Å²) < 4.78 is 19.9. The molecule has 2 aromatic carbocycles. The zero-order valence-electron chi connectivity index (χ0n) is 15.9. The number of benzene rings is 2. The molecule has 6 nitrogen and oxygen atoms in total. The number of hydrogen-bond donors (Lipinski definition) is 1. The van der Waals surface area contributed by atoms with E-state index in [4.69, 9.17) is 11.7 Å². The Hall–Kier alpha value is -3.00. The van der Waals surface area contributed by atoms with Crippen LogP contribution in [0.5, 0.6) is 5.75 Å². The minimum atomic E-state index is -0.348. The topological polar surface area (TPSA) is 67.4 Å². The third kappa shape index (κ3) is 4.59. The van der Waals surface area contributed by atoms with E-state index in [1.807, 2.05) is 17.0 Å². The van der Waals surface area contributed by atoms with Crippen LogP contribution in [0.3, 0.4) is 0 Å². The summed E-state index contributed by atoms with van der Waals surface area (Å²) in [6, 6.07) is 11.6. The molecule has 0 atom stereocenters. The van der Waals surface area contributed by atoms with Crippen molar-refractivity contribution < 1.29 is 13.9 Å². The van der Waals surface area contributed by atoms with E-state index in [0.29, 0.717) is 41.2 Å². The van der Waals surface area contributed by atoms with Crippen molar-refractivity contribution in [3.05, 3.63) is 83.3 Å². The van der Waals surface area contributed by atoms with Crippen LogP contribution in [0, 0.1) is 12.7 Å². The first-order chi connectivity index (χ1) is 14.5. The highest BCUT2D eigenvalue weighted by Crippen LogP contribution is 2.29. The van der Waals surface area contributed by atoms with Gasteiger partial charge in [0.15, 0.2) is 0 Å². The average Bonchev–Trinajstić information content (AvgIpc) is 2.73. The first-order valence-corrected chi connectivity index (χ1v) is 10.1. The van der Waals surface area contributed by atoms with Gasteiger partial charge in [0, 0.05) is 11.8 Å². The zero-order valence-corrected chi connectivity index (χ0v) is 17.5. The number of carbonyl (C=O) groups excluding carboxylic acids is 1. The van der Waals surface area contributed by atoms with Crippen molar-refractivity contribution in [2.24, 2.45) is 0 Å². The van der Waals surface area contributed by atoms with Crippen molar-refractivity contribution in [2.75, 3.05) is 23.3 Å². The van der Waals surface area contributed by atoms with Crippen LogP contribution in [-0.4, -0.2) is 35.1 Å². The van der Waals surface area contributed by atoms with E-state index >= 15 is 0 Å². The molecular weight excluding hydrogens is 451 g/mol. The molecule has 30 heavy (non-hydrogen) atoms. The molecule has 3 aromatic rings. The summed E-state index contributed by atoms with van der Waals surface area (Å²) in [6.07, 6.45) is 3.37. The molecule has 2 radical (unpaired) electrons. The molecule has 0 spiro atoms. The third-order valence-electron chi connectivity index (χ3n) is 4.68. The molecule has 8 heteroatoms. The molecule has 0 aliphatic carbocycles. The second-order valence-corrected chi connectivity index (χ2v) is 7.69.